The van der Waals surface area contributed by atoms with Gasteiger partial charge in [-0.25, -0.2) is 4.79 Å². The van der Waals surface area contributed by atoms with Gasteiger partial charge < -0.3 is 23.9 Å². The molecule has 3 aromatic rings. The number of nitrogens with zero attached hydrogens (tertiary/aromatic N) is 3. The van der Waals surface area contributed by atoms with E-state index in [1.54, 1.807) is 34.1 Å². The zero-order valence-corrected chi connectivity index (χ0v) is 25.7. The molecule has 2 aromatic carbocycles. The van der Waals surface area contributed by atoms with Gasteiger partial charge in [0.05, 0.1) is 23.0 Å². The maximum absolute atomic E-state index is 13.7. The fraction of sp³-hybridized carbons (Fsp3) is 0.441. The van der Waals surface area contributed by atoms with Crippen molar-refractivity contribution in [2.45, 2.75) is 68.6 Å². The molecule has 0 bridgehead atoms. The molecule has 4 heterocycles. The van der Waals surface area contributed by atoms with Crippen LogP contribution in [0.15, 0.2) is 71.5 Å². The molecule has 2 atom stereocenters. The fourth-order valence-corrected chi connectivity index (χ4v) is 6.98. The molecule has 3 aliphatic rings. The van der Waals surface area contributed by atoms with Crippen molar-refractivity contribution in [3.8, 4) is 0 Å². The first kappa shape index (κ1) is 33.4. The SMILES string of the molecule is O=C(c1ccoc1)N1CCC2(CC1)CCN(C1CCN(C(=O)c3cc(C(F)(F)F)cc(C(F)(F)F)c3)[C@H](Cc3ccccc3)C1)C(=O)O2. The van der Waals surface area contributed by atoms with Crippen LogP contribution in [0.1, 0.15) is 69.5 Å². The van der Waals surface area contributed by atoms with Gasteiger partial charge in [-0.2, -0.15) is 26.3 Å². The Bertz CT molecular complexity index is 1600. The predicted octanol–water partition coefficient (Wildman–Crippen LogP) is 7.05. The summed E-state index contributed by atoms with van der Waals surface area (Å²) in [6.45, 7) is 1.19. The average Bonchev–Trinajstić information content (AvgIpc) is 3.59. The number of likely N-dealkylation sites (tertiary alicyclic amines) is 2. The number of rotatable bonds is 5. The molecule has 0 saturated carbocycles. The highest BCUT2D eigenvalue weighted by molar-refractivity contribution is 5.95. The highest BCUT2D eigenvalue weighted by Gasteiger charge is 2.47. The Morgan fingerprint density at radius 3 is 2.04 bits per heavy atom. The first-order chi connectivity index (χ1) is 22.7. The van der Waals surface area contributed by atoms with Crippen LogP contribution in [-0.4, -0.2) is 76.5 Å². The van der Waals surface area contributed by atoms with Crippen LogP contribution in [0.25, 0.3) is 0 Å². The number of carbonyl (C=O) groups excluding carboxylic acids is 3. The van der Waals surface area contributed by atoms with Gasteiger partial charge in [-0.3, -0.25) is 9.59 Å². The van der Waals surface area contributed by atoms with Gasteiger partial charge in [-0.15, -0.1) is 0 Å². The molecular formula is C34H33F6N3O5. The van der Waals surface area contributed by atoms with Crippen LogP contribution in [0.5, 0.6) is 0 Å². The van der Waals surface area contributed by atoms with Crippen molar-refractivity contribution in [2.75, 3.05) is 26.2 Å². The van der Waals surface area contributed by atoms with E-state index < -0.39 is 52.7 Å². The first-order valence-electron chi connectivity index (χ1n) is 15.7. The summed E-state index contributed by atoms with van der Waals surface area (Å²) in [5, 5.41) is 0. The van der Waals surface area contributed by atoms with Gasteiger partial charge in [0.15, 0.2) is 0 Å². The predicted molar refractivity (Wildman–Crippen MR) is 159 cm³/mol. The summed E-state index contributed by atoms with van der Waals surface area (Å²) < 4.78 is 92.5. The number of hydrogen-bond acceptors (Lipinski definition) is 5. The van der Waals surface area contributed by atoms with Gasteiger partial charge in [0, 0.05) is 63.1 Å². The van der Waals surface area contributed by atoms with E-state index in [0.29, 0.717) is 56.6 Å². The standard InChI is InChI=1S/C34H33F6N3O5/c35-33(36,37)25-17-24(18-26(19-25)34(38,39)40)30(45)42-11-6-27(20-28(42)16-22-4-2-1-3-5-22)43-14-10-32(48-31(43)46)8-12-41(13-9-32)29(44)23-7-15-47-21-23/h1-5,7,15,17-19,21,27-28H,6,8-14,16,20H2/t27?,28-/m1/s1. The molecule has 0 radical (unpaired) electrons. The van der Waals surface area contributed by atoms with Gasteiger partial charge in [-0.05, 0) is 49.1 Å². The molecule has 1 spiro atoms. The van der Waals surface area contributed by atoms with Crippen LogP contribution in [0.4, 0.5) is 31.1 Å². The third-order valence-electron chi connectivity index (χ3n) is 9.62. The lowest BCUT2D eigenvalue weighted by Gasteiger charge is -2.49. The van der Waals surface area contributed by atoms with Gasteiger partial charge in [0.2, 0.25) is 0 Å². The van der Waals surface area contributed by atoms with Crippen molar-refractivity contribution in [3.63, 3.8) is 0 Å². The Morgan fingerprint density at radius 2 is 1.46 bits per heavy atom. The van der Waals surface area contributed by atoms with Gasteiger partial charge >= 0.3 is 18.4 Å². The second kappa shape index (κ2) is 12.8. The van der Waals surface area contributed by atoms with E-state index in [4.69, 9.17) is 9.15 Å². The van der Waals surface area contributed by atoms with Crippen molar-refractivity contribution >= 4 is 17.9 Å². The van der Waals surface area contributed by atoms with Gasteiger partial charge in [0.25, 0.3) is 11.8 Å². The van der Waals surface area contributed by atoms with E-state index in [0.717, 1.165) is 5.56 Å². The lowest BCUT2D eigenvalue weighted by atomic mass is 9.85. The molecule has 3 saturated heterocycles. The van der Waals surface area contributed by atoms with E-state index in [9.17, 15) is 40.7 Å². The summed E-state index contributed by atoms with van der Waals surface area (Å²) in [6.07, 6.45) is -5.64. The van der Waals surface area contributed by atoms with Crippen LogP contribution in [0.2, 0.25) is 0 Å². The van der Waals surface area contributed by atoms with E-state index in [-0.39, 0.29) is 43.8 Å². The highest BCUT2D eigenvalue weighted by Crippen LogP contribution is 2.39. The molecule has 3 fully saturated rings. The smallest absolute Gasteiger partial charge is 0.416 e. The topological polar surface area (TPSA) is 83.3 Å². The summed E-state index contributed by atoms with van der Waals surface area (Å²) in [5.41, 5.74) is -3.28. The lowest BCUT2D eigenvalue weighted by Crippen LogP contribution is -2.60. The first-order valence-corrected chi connectivity index (χ1v) is 15.7. The number of benzene rings is 2. The van der Waals surface area contributed by atoms with Crippen LogP contribution < -0.4 is 0 Å². The van der Waals surface area contributed by atoms with Crippen LogP contribution in [0.3, 0.4) is 0 Å². The van der Waals surface area contributed by atoms with Crippen molar-refractivity contribution in [3.05, 3.63) is 94.9 Å². The van der Waals surface area contributed by atoms with Crippen molar-refractivity contribution in [1.82, 2.24) is 14.7 Å². The minimum absolute atomic E-state index is 0.000409. The zero-order chi connectivity index (χ0) is 34.3. The maximum atomic E-state index is 13.7. The number of amides is 3. The van der Waals surface area contributed by atoms with Gasteiger partial charge in [0.1, 0.15) is 11.9 Å². The second-order valence-electron chi connectivity index (χ2n) is 12.6. The second-order valence-corrected chi connectivity index (χ2v) is 12.6. The molecule has 0 N–H and O–H groups in total. The monoisotopic (exact) mass is 677 g/mol. The Balaban J connectivity index is 1.17. The Kier molecular flexibility index (Phi) is 8.94. The molecule has 0 aliphatic carbocycles. The minimum atomic E-state index is -5.09. The average molecular weight is 678 g/mol. The number of piperidine rings is 2. The molecule has 14 heteroatoms. The summed E-state index contributed by atoms with van der Waals surface area (Å²) in [6, 6.07) is 10.5. The van der Waals surface area contributed by atoms with Crippen LogP contribution >= 0.6 is 0 Å². The summed E-state index contributed by atoms with van der Waals surface area (Å²) in [7, 11) is 0. The zero-order valence-electron chi connectivity index (χ0n) is 25.7. The lowest BCUT2D eigenvalue weighted by molar-refractivity contribution is -0.143. The number of ether oxygens (including phenoxy) is 1. The molecule has 8 nitrogen and oxygen atoms in total. The molecular weight excluding hydrogens is 644 g/mol. The Labute approximate surface area is 272 Å². The molecule has 6 rings (SSSR count). The van der Waals surface area contributed by atoms with Crippen LogP contribution in [0, 0.1) is 0 Å². The number of carbonyl (C=O) groups is 3. The number of hydrogen-bond donors (Lipinski definition) is 0. The van der Waals surface area contributed by atoms with Crippen molar-refractivity contribution in [2.24, 2.45) is 0 Å². The Hall–Kier alpha value is -4.49. The molecule has 3 aliphatic heterocycles. The van der Waals surface area contributed by atoms with E-state index in [1.807, 2.05) is 12.1 Å². The maximum Gasteiger partial charge on any atom is 0.416 e. The number of alkyl halides is 6. The van der Waals surface area contributed by atoms with Crippen molar-refractivity contribution < 1.29 is 49.9 Å². The van der Waals surface area contributed by atoms with Crippen LogP contribution in [-0.2, 0) is 23.5 Å². The van der Waals surface area contributed by atoms with Crippen molar-refractivity contribution in [1.29, 1.82) is 0 Å². The molecule has 1 aromatic heterocycles. The number of halogens is 6. The molecule has 3 amide bonds. The number of furan rings is 1. The minimum Gasteiger partial charge on any atom is -0.472 e. The third kappa shape index (κ3) is 7.02. The summed E-state index contributed by atoms with van der Waals surface area (Å²) in [5.74, 6) is -1.10. The molecule has 48 heavy (non-hydrogen) atoms. The van der Waals surface area contributed by atoms with E-state index >= 15 is 0 Å². The third-order valence-corrected chi connectivity index (χ3v) is 9.62. The normalized spacial score (nSPS) is 21.7. The summed E-state index contributed by atoms with van der Waals surface area (Å²) in [4.78, 5) is 44.5. The Morgan fingerprint density at radius 1 is 0.812 bits per heavy atom. The summed E-state index contributed by atoms with van der Waals surface area (Å²) >= 11 is 0. The van der Waals surface area contributed by atoms with E-state index in [2.05, 4.69) is 0 Å². The van der Waals surface area contributed by atoms with Gasteiger partial charge in [-0.1, -0.05) is 30.3 Å². The quantitative estimate of drug-likeness (QED) is 0.271. The fourth-order valence-electron chi connectivity index (χ4n) is 6.98. The van der Waals surface area contributed by atoms with E-state index in [1.165, 1.54) is 17.4 Å². The highest BCUT2D eigenvalue weighted by atomic mass is 19.4. The largest absolute Gasteiger partial charge is 0.472 e. The molecule has 256 valence electrons. The molecule has 1 unspecified atom stereocenters.